The van der Waals surface area contributed by atoms with Crippen LogP contribution in [0.25, 0.3) is 0 Å². The third-order valence-electron chi connectivity index (χ3n) is 14.5. The van der Waals surface area contributed by atoms with Crippen molar-refractivity contribution in [1.82, 2.24) is 4.90 Å². The van der Waals surface area contributed by atoms with Gasteiger partial charge in [-0.25, -0.2) is 0 Å². The van der Waals surface area contributed by atoms with E-state index in [1.54, 1.807) is 46.0 Å². The first kappa shape index (κ1) is 53.9. The highest BCUT2D eigenvalue weighted by atomic mass is 127. The molecular weight excluding hydrogens is 953 g/mol. The molecule has 13 heteroatoms. The second kappa shape index (κ2) is 24.5. The number of fused-ring (bicyclic) bond motifs is 5. The first-order chi connectivity index (χ1) is 31.3. The highest BCUT2D eigenvalue weighted by Gasteiger charge is 2.55. The molecular formula is C53H76INO11. The number of carbonyl (C=O) groups is 4. The molecule has 0 radical (unpaired) electrons. The van der Waals surface area contributed by atoms with Crippen LogP contribution in [0.5, 0.6) is 5.75 Å². The minimum atomic E-state index is -1.31. The van der Waals surface area contributed by atoms with Gasteiger partial charge in [0.2, 0.25) is 0 Å². The number of allylic oxidation sites excluding steroid dienone is 6. The number of hydrogen-bond donors (Lipinski definition) is 1. The van der Waals surface area contributed by atoms with Crippen LogP contribution in [0.15, 0.2) is 65.8 Å². The van der Waals surface area contributed by atoms with Crippen LogP contribution in [0.4, 0.5) is 0 Å². The van der Waals surface area contributed by atoms with Gasteiger partial charge in [0.05, 0.1) is 35.0 Å². The molecule has 366 valence electrons. The highest BCUT2D eigenvalue weighted by Crippen LogP contribution is 2.41. The van der Waals surface area contributed by atoms with Crippen molar-refractivity contribution < 1.29 is 52.7 Å². The number of piperidine rings is 1. The van der Waals surface area contributed by atoms with Crippen molar-refractivity contribution in [3.8, 4) is 5.75 Å². The minimum absolute atomic E-state index is 0.0559. The second-order valence-corrected chi connectivity index (χ2v) is 20.8. The van der Waals surface area contributed by atoms with Gasteiger partial charge in [-0.1, -0.05) is 77.1 Å². The van der Waals surface area contributed by atoms with Crippen molar-refractivity contribution in [2.45, 2.75) is 168 Å². The summed E-state index contributed by atoms with van der Waals surface area (Å²) in [6, 6.07) is 5.67. The van der Waals surface area contributed by atoms with Gasteiger partial charge in [0.25, 0.3) is 11.7 Å². The lowest BCUT2D eigenvalue weighted by Crippen LogP contribution is -2.59. The van der Waals surface area contributed by atoms with Gasteiger partial charge in [0, 0.05) is 45.4 Å². The lowest BCUT2D eigenvalue weighted by molar-refractivity contribution is -0.183. The molecule has 14 atom stereocenters. The number of hydrogen-bond acceptors (Lipinski definition) is 11. The smallest absolute Gasteiger partial charge is 0.293 e. The Balaban J connectivity index is 1.46. The highest BCUT2D eigenvalue weighted by molar-refractivity contribution is 14.1. The van der Waals surface area contributed by atoms with E-state index in [0.717, 1.165) is 46.1 Å². The Morgan fingerprint density at radius 1 is 0.924 bits per heavy atom. The number of Topliss-reactive ketones (excluding diaryl/α,β-unsaturated/α-hetero) is 3. The van der Waals surface area contributed by atoms with Crippen molar-refractivity contribution in [3.05, 3.63) is 74.9 Å². The number of epoxide rings is 1. The van der Waals surface area contributed by atoms with Crippen molar-refractivity contribution >= 4 is 45.8 Å². The van der Waals surface area contributed by atoms with Gasteiger partial charge >= 0.3 is 0 Å². The molecule has 1 N–H and O–H groups in total. The fourth-order valence-corrected chi connectivity index (χ4v) is 10.5. The van der Waals surface area contributed by atoms with Gasteiger partial charge in [0.1, 0.15) is 35.4 Å². The Hall–Kier alpha value is -3.05. The number of nitrogens with zero attached hydrogens (tertiary/aromatic N) is 1. The molecule has 0 spiro atoms. The minimum Gasteiger partial charge on any atom is -0.496 e. The maximum absolute atomic E-state index is 14.5. The SMILES string of the molecule is COc1cc(C[C@@H](C)[C@@H]2CC(=O)[C@H](C)/C=C(\C)C(O)[C@@H](OC)C(=O)C(C)C[C@H](C)/C=C/C=C/C=C(\C)[C@@H](OC)C[C@@H]3CCC(C)C(C)(O3)C(=O)C(=O)N3CCCCC3C3OC3O2)ccc1I. The fraction of sp³-hybridized carbons (Fsp3) is 0.660. The van der Waals surface area contributed by atoms with Gasteiger partial charge < -0.3 is 38.4 Å². The molecule has 5 rings (SSSR count). The van der Waals surface area contributed by atoms with Crippen LogP contribution in [0, 0.1) is 33.2 Å². The Labute approximate surface area is 407 Å². The first-order valence-electron chi connectivity index (χ1n) is 24.0. The molecule has 3 fully saturated rings. The van der Waals surface area contributed by atoms with Crippen LogP contribution in [0.1, 0.15) is 112 Å². The third-order valence-corrected chi connectivity index (χ3v) is 15.4. The molecule has 4 aliphatic heterocycles. The van der Waals surface area contributed by atoms with Crippen LogP contribution < -0.4 is 4.74 Å². The van der Waals surface area contributed by atoms with Gasteiger partial charge in [0.15, 0.2) is 12.1 Å². The van der Waals surface area contributed by atoms with Crippen molar-refractivity contribution in [3.63, 3.8) is 0 Å². The molecule has 0 saturated carbocycles. The predicted octanol–water partition coefficient (Wildman–Crippen LogP) is 8.74. The van der Waals surface area contributed by atoms with E-state index in [1.807, 2.05) is 83.2 Å². The molecule has 1 aromatic carbocycles. The van der Waals surface area contributed by atoms with Gasteiger partial charge in [-0.05, 0) is 135 Å². The van der Waals surface area contributed by atoms with Crippen LogP contribution in [0.2, 0.25) is 0 Å². The van der Waals surface area contributed by atoms with E-state index < -0.39 is 59.8 Å². The van der Waals surface area contributed by atoms with Gasteiger partial charge in [-0.2, -0.15) is 0 Å². The first-order valence-corrected chi connectivity index (χ1v) is 25.1. The molecule has 0 aliphatic carbocycles. The number of rotatable bonds is 6. The Kier molecular flexibility index (Phi) is 20.0. The summed E-state index contributed by atoms with van der Waals surface area (Å²) < 4.78 is 37.8. The number of methoxy groups -OCH3 is 3. The van der Waals surface area contributed by atoms with E-state index in [0.29, 0.717) is 37.8 Å². The van der Waals surface area contributed by atoms with Gasteiger partial charge in [-0.15, -0.1) is 0 Å². The largest absolute Gasteiger partial charge is 0.496 e. The summed E-state index contributed by atoms with van der Waals surface area (Å²) in [5, 5.41) is 11.5. The lowest BCUT2D eigenvalue weighted by Gasteiger charge is -2.44. The number of ether oxygens (including phenoxy) is 6. The molecule has 12 nitrogen and oxygen atoms in total. The topological polar surface area (TPSA) is 150 Å². The van der Waals surface area contributed by atoms with E-state index >= 15 is 0 Å². The van der Waals surface area contributed by atoms with Crippen molar-refractivity contribution in [2.24, 2.45) is 29.6 Å². The Morgan fingerprint density at radius 2 is 1.67 bits per heavy atom. The van der Waals surface area contributed by atoms with E-state index in [-0.39, 0.29) is 54.0 Å². The molecule has 1 aromatic rings. The summed E-state index contributed by atoms with van der Waals surface area (Å²) in [4.78, 5) is 58.5. The number of amides is 1. The second-order valence-electron chi connectivity index (χ2n) is 19.6. The summed E-state index contributed by atoms with van der Waals surface area (Å²) >= 11 is 2.24. The summed E-state index contributed by atoms with van der Waals surface area (Å²) in [6.45, 7) is 15.6. The molecule has 1 amide bonds. The molecule has 0 aromatic heterocycles. The average molecular weight is 1030 g/mol. The van der Waals surface area contributed by atoms with Gasteiger partial charge in [-0.3, -0.25) is 19.2 Å². The Bertz CT molecular complexity index is 1980. The number of aliphatic hydroxyl groups is 1. The fourth-order valence-electron chi connectivity index (χ4n) is 9.93. The number of carbonyl (C=O) groups excluding carboxylic acids is 4. The van der Waals surface area contributed by atoms with Crippen LogP contribution in [0.3, 0.4) is 0 Å². The van der Waals surface area contributed by atoms with E-state index in [2.05, 4.69) is 22.6 Å². The van der Waals surface area contributed by atoms with Crippen LogP contribution >= 0.6 is 22.6 Å². The summed E-state index contributed by atoms with van der Waals surface area (Å²) in [7, 11) is 4.73. The maximum Gasteiger partial charge on any atom is 0.293 e. The van der Waals surface area contributed by atoms with Crippen molar-refractivity contribution in [1.29, 1.82) is 0 Å². The zero-order chi connectivity index (χ0) is 48.5. The quantitative estimate of drug-likeness (QED) is 0.126. The van der Waals surface area contributed by atoms with Crippen LogP contribution in [-0.4, -0.2) is 116 Å². The molecule has 4 aliphatic rings. The number of halogens is 1. The molecule has 7 unspecified atom stereocenters. The van der Waals surface area contributed by atoms with Crippen LogP contribution in [-0.2, 0) is 49.3 Å². The third kappa shape index (κ3) is 13.6. The molecule has 2 bridgehead atoms. The monoisotopic (exact) mass is 1030 g/mol. The standard InChI is InChI=1S/C53H76INO11/c1-31-17-13-12-14-18-32(2)43(61-9)29-39-22-20-37(7)53(8,66-39)50(59)51(60)55-24-16-15-19-41(55)48-52(65-48)64-44(34(4)27-38-21-23-40(54)45(28-38)62-10)30-42(56)33(3)26-36(6)47(58)49(63-11)46(57)35(5)25-31/h12-14,17-18,21,23,26,28,31,33-35,37,39,41,43-44,47-49,52,58H,15-16,19-20,22,24-25,27,29-30H2,1-11H3/b14-12+,17-13+,32-18+,36-26+/t31-,33-,34-,35?,37?,39+,41?,43+,44+,47?,48?,49+,52?,53?/m1/s1. The summed E-state index contributed by atoms with van der Waals surface area (Å²) in [5.74, 6) is -1.92. The molecule has 4 heterocycles. The number of aliphatic hydroxyl groups excluding tert-OH is 1. The number of ketones is 3. The number of benzene rings is 1. The summed E-state index contributed by atoms with van der Waals surface area (Å²) in [6.07, 6.45) is 12.5. The average Bonchev–Trinajstić information content (AvgIpc) is 4.07. The zero-order valence-corrected chi connectivity index (χ0v) is 43.3. The molecule has 66 heavy (non-hydrogen) atoms. The Morgan fingerprint density at radius 3 is 2.36 bits per heavy atom. The maximum atomic E-state index is 14.5. The normalized spacial score (nSPS) is 38.1. The van der Waals surface area contributed by atoms with Crippen molar-refractivity contribution in [2.75, 3.05) is 27.9 Å². The van der Waals surface area contributed by atoms with E-state index in [4.69, 9.17) is 28.4 Å². The van der Waals surface area contributed by atoms with E-state index in [1.165, 1.54) is 7.11 Å². The summed E-state index contributed by atoms with van der Waals surface area (Å²) in [5.41, 5.74) is 1.18. The zero-order valence-electron chi connectivity index (χ0n) is 41.1. The predicted molar refractivity (Wildman–Crippen MR) is 263 cm³/mol. The lowest BCUT2D eigenvalue weighted by atomic mass is 9.78. The molecule has 3 saturated heterocycles. The van der Waals surface area contributed by atoms with E-state index in [9.17, 15) is 24.3 Å².